The molecule has 118 valence electrons. The number of rotatable bonds is 6. The number of para-hydroxylation sites is 1. The van der Waals surface area contributed by atoms with Gasteiger partial charge < -0.3 is 4.74 Å². The Balaban J connectivity index is 2.32. The molecule has 0 spiro atoms. The van der Waals surface area contributed by atoms with Crippen molar-refractivity contribution >= 4 is 23.2 Å². The molecule has 0 amide bonds. The maximum atomic E-state index is 13.8. The molecule has 23 heavy (non-hydrogen) atoms. The van der Waals surface area contributed by atoms with Gasteiger partial charge in [-0.1, -0.05) is 30.3 Å². The molecule has 0 aliphatic carbocycles. The van der Waals surface area contributed by atoms with E-state index in [1.165, 1.54) is 18.2 Å². The second-order valence-corrected chi connectivity index (χ2v) is 4.47. The normalized spacial score (nSPS) is 11.0. The van der Waals surface area contributed by atoms with Crippen molar-refractivity contribution in [3.05, 3.63) is 66.0 Å². The summed E-state index contributed by atoms with van der Waals surface area (Å²) in [4.78, 5) is 24.3. The molecule has 0 atom stereocenters. The molecule has 0 radical (unpaired) electrons. The number of hydrogen-bond acceptors (Lipinski definition) is 5. The molecule has 2 aromatic carbocycles. The minimum atomic E-state index is -0.913. The van der Waals surface area contributed by atoms with Crippen LogP contribution in [0.25, 0.3) is 0 Å². The summed E-state index contributed by atoms with van der Waals surface area (Å²) in [6.45, 7) is 1.68. The summed E-state index contributed by atoms with van der Waals surface area (Å²) in [5.74, 6) is -2.48. The lowest BCUT2D eigenvalue weighted by Gasteiger charge is -2.07. The summed E-state index contributed by atoms with van der Waals surface area (Å²) in [5, 5.41) is 3.81. The maximum Gasteiger partial charge on any atom is 0.362 e. The third-order valence-electron chi connectivity index (χ3n) is 2.87. The number of benzene rings is 2. The zero-order valence-corrected chi connectivity index (χ0v) is 12.5. The lowest BCUT2D eigenvalue weighted by Crippen LogP contribution is -2.28. The van der Waals surface area contributed by atoms with Gasteiger partial charge in [0, 0.05) is 0 Å². The Bertz CT molecular complexity index is 730. The average molecular weight is 314 g/mol. The van der Waals surface area contributed by atoms with Gasteiger partial charge in [0.1, 0.15) is 5.82 Å². The Morgan fingerprint density at radius 1 is 1.09 bits per heavy atom. The second kappa shape index (κ2) is 7.84. The van der Waals surface area contributed by atoms with Gasteiger partial charge in [-0.25, -0.2) is 9.18 Å². The molecule has 1 N–H and O–H groups in total. The lowest BCUT2D eigenvalue weighted by atomic mass is 10.1. The molecule has 0 heterocycles. The fraction of sp³-hybridized carbons (Fsp3) is 0.118. The van der Waals surface area contributed by atoms with E-state index in [1.54, 1.807) is 31.2 Å². The van der Waals surface area contributed by atoms with E-state index in [-0.39, 0.29) is 12.2 Å². The molecule has 6 heteroatoms. The van der Waals surface area contributed by atoms with Crippen LogP contribution in [0, 0.1) is 5.82 Å². The predicted octanol–water partition coefficient (Wildman–Crippen LogP) is 3.04. The number of anilines is 1. The minimum absolute atomic E-state index is 0.0771. The maximum absolute atomic E-state index is 13.8. The van der Waals surface area contributed by atoms with Crippen LogP contribution in [0.15, 0.2) is 59.7 Å². The van der Waals surface area contributed by atoms with E-state index in [0.717, 1.165) is 6.07 Å². The van der Waals surface area contributed by atoms with Gasteiger partial charge >= 0.3 is 5.97 Å². The Hall–Kier alpha value is -3.02. The number of esters is 1. The van der Waals surface area contributed by atoms with Crippen LogP contribution in [0.3, 0.4) is 0 Å². The van der Waals surface area contributed by atoms with Crippen LogP contribution in [-0.4, -0.2) is 24.1 Å². The van der Waals surface area contributed by atoms with Crippen molar-refractivity contribution in [1.29, 1.82) is 0 Å². The van der Waals surface area contributed by atoms with Crippen molar-refractivity contribution in [3.63, 3.8) is 0 Å². The first-order chi connectivity index (χ1) is 11.1. The van der Waals surface area contributed by atoms with Crippen molar-refractivity contribution < 1.29 is 18.7 Å². The Morgan fingerprint density at radius 3 is 2.39 bits per heavy atom. The SMILES string of the molecule is CCOC(=O)C(=NNc1ccccc1)C(=O)c1ccccc1F. The van der Waals surface area contributed by atoms with Gasteiger partial charge in [0.2, 0.25) is 11.5 Å². The minimum Gasteiger partial charge on any atom is -0.461 e. The molecule has 2 rings (SSSR count). The third-order valence-corrected chi connectivity index (χ3v) is 2.87. The van der Waals surface area contributed by atoms with Gasteiger partial charge in [-0.05, 0) is 31.2 Å². The number of nitrogens with zero attached hydrogens (tertiary/aromatic N) is 1. The smallest absolute Gasteiger partial charge is 0.362 e. The monoisotopic (exact) mass is 314 g/mol. The van der Waals surface area contributed by atoms with E-state index in [2.05, 4.69) is 10.5 Å². The first-order valence-electron chi connectivity index (χ1n) is 6.98. The van der Waals surface area contributed by atoms with Crippen LogP contribution in [0.4, 0.5) is 10.1 Å². The number of carbonyl (C=O) groups excluding carboxylic acids is 2. The second-order valence-electron chi connectivity index (χ2n) is 4.47. The first-order valence-corrected chi connectivity index (χ1v) is 6.98. The Morgan fingerprint density at radius 2 is 1.74 bits per heavy atom. The van der Waals surface area contributed by atoms with Gasteiger partial charge in [0.25, 0.3) is 0 Å². The molecule has 0 aromatic heterocycles. The van der Waals surface area contributed by atoms with Crippen LogP contribution in [0.5, 0.6) is 0 Å². The predicted molar refractivity (Wildman–Crippen MR) is 84.9 cm³/mol. The van der Waals surface area contributed by atoms with Crippen molar-refractivity contribution in [3.8, 4) is 0 Å². The van der Waals surface area contributed by atoms with Gasteiger partial charge in [0.05, 0.1) is 17.9 Å². The molecule has 0 unspecified atom stereocenters. The largest absolute Gasteiger partial charge is 0.461 e. The summed E-state index contributed by atoms with van der Waals surface area (Å²) in [6.07, 6.45) is 0. The van der Waals surface area contributed by atoms with E-state index < -0.39 is 23.3 Å². The van der Waals surface area contributed by atoms with E-state index >= 15 is 0 Å². The lowest BCUT2D eigenvalue weighted by molar-refractivity contribution is -0.134. The van der Waals surface area contributed by atoms with Crippen LogP contribution < -0.4 is 5.43 Å². The number of Topliss-reactive ketones (excluding diaryl/α,β-unsaturated/α-hetero) is 1. The number of nitrogens with one attached hydrogen (secondary N) is 1. The van der Waals surface area contributed by atoms with E-state index in [1.807, 2.05) is 6.07 Å². The van der Waals surface area contributed by atoms with E-state index in [4.69, 9.17) is 4.74 Å². The van der Waals surface area contributed by atoms with Crippen molar-refractivity contribution in [2.45, 2.75) is 6.92 Å². The highest BCUT2D eigenvalue weighted by Crippen LogP contribution is 2.10. The summed E-state index contributed by atoms with van der Waals surface area (Å²) in [7, 11) is 0. The number of carbonyl (C=O) groups is 2. The molecule has 0 saturated carbocycles. The number of halogens is 1. The molecule has 0 fully saturated rings. The third kappa shape index (κ3) is 4.23. The first kappa shape index (κ1) is 16.4. The molecule has 0 aliphatic rings. The van der Waals surface area contributed by atoms with Crippen LogP contribution >= 0.6 is 0 Å². The van der Waals surface area contributed by atoms with Crippen LogP contribution in [0.2, 0.25) is 0 Å². The number of ether oxygens (including phenoxy) is 1. The van der Waals surface area contributed by atoms with Crippen LogP contribution in [0.1, 0.15) is 17.3 Å². The molecule has 0 bridgehead atoms. The Labute approximate surface area is 132 Å². The highest BCUT2D eigenvalue weighted by molar-refractivity contribution is 6.67. The van der Waals surface area contributed by atoms with Gasteiger partial charge in [-0.2, -0.15) is 5.10 Å². The fourth-order valence-corrected chi connectivity index (χ4v) is 1.79. The standard InChI is InChI=1S/C17H15FN2O3/c1-2-23-17(22)15(20-19-12-8-4-3-5-9-12)16(21)13-10-6-7-11-14(13)18/h3-11,19H,2H2,1H3. The number of ketones is 1. The van der Waals surface area contributed by atoms with Gasteiger partial charge in [-0.3, -0.25) is 10.2 Å². The van der Waals surface area contributed by atoms with Crippen molar-refractivity contribution in [2.24, 2.45) is 5.10 Å². The number of hydrogen-bond donors (Lipinski definition) is 1. The van der Waals surface area contributed by atoms with Gasteiger partial charge in [-0.15, -0.1) is 0 Å². The van der Waals surface area contributed by atoms with Gasteiger partial charge in [0.15, 0.2) is 0 Å². The zero-order valence-electron chi connectivity index (χ0n) is 12.5. The molecular weight excluding hydrogens is 299 g/mol. The van der Waals surface area contributed by atoms with Crippen molar-refractivity contribution in [2.75, 3.05) is 12.0 Å². The van der Waals surface area contributed by atoms with Crippen LogP contribution in [-0.2, 0) is 9.53 Å². The van der Waals surface area contributed by atoms with E-state index in [0.29, 0.717) is 5.69 Å². The highest BCUT2D eigenvalue weighted by atomic mass is 19.1. The molecule has 0 aliphatic heterocycles. The average Bonchev–Trinajstić information content (AvgIpc) is 2.56. The topological polar surface area (TPSA) is 67.8 Å². The fourth-order valence-electron chi connectivity index (χ4n) is 1.79. The van der Waals surface area contributed by atoms with E-state index in [9.17, 15) is 14.0 Å². The molecular formula is C17H15FN2O3. The summed E-state index contributed by atoms with van der Waals surface area (Å²) < 4.78 is 18.6. The molecule has 5 nitrogen and oxygen atoms in total. The van der Waals surface area contributed by atoms with Crippen molar-refractivity contribution in [1.82, 2.24) is 0 Å². The summed E-state index contributed by atoms with van der Waals surface area (Å²) in [6, 6.07) is 14.1. The Kier molecular flexibility index (Phi) is 5.57. The summed E-state index contributed by atoms with van der Waals surface area (Å²) in [5.41, 5.74) is 2.42. The highest BCUT2D eigenvalue weighted by Gasteiger charge is 2.25. The quantitative estimate of drug-likeness (QED) is 0.292. The summed E-state index contributed by atoms with van der Waals surface area (Å²) >= 11 is 0. The zero-order chi connectivity index (χ0) is 16.7. The molecule has 0 saturated heterocycles. The molecule has 2 aromatic rings. The number of hydrazone groups is 1.